The Morgan fingerprint density at radius 2 is 1.69 bits per heavy atom. The fourth-order valence-electron chi connectivity index (χ4n) is 2.67. The van der Waals surface area contributed by atoms with E-state index in [0.717, 1.165) is 31.4 Å². The molecule has 3 rings (SSSR count). The number of amides is 2. The number of alkyl halides is 3. The summed E-state index contributed by atoms with van der Waals surface area (Å²) in [5.74, 6) is -0.779. The van der Waals surface area contributed by atoms with E-state index < -0.39 is 17.6 Å². The highest BCUT2D eigenvalue weighted by atomic mass is 19.4. The van der Waals surface area contributed by atoms with Crippen LogP contribution in [0.1, 0.15) is 35.2 Å². The van der Waals surface area contributed by atoms with Crippen molar-refractivity contribution in [1.29, 1.82) is 0 Å². The summed E-state index contributed by atoms with van der Waals surface area (Å²) < 4.78 is 38.4. The van der Waals surface area contributed by atoms with Crippen molar-refractivity contribution < 1.29 is 22.8 Å². The maximum atomic E-state index is 12.8. The molecule has 0 spiro atoms. The third kappa shape index (κ3) is 4.04. The number of hydrogen-bond acceptors (Lipinski definition) is 2. The largest absolute Gasteiger partial charge is 0.416 e. The van der Waals surface area contributed by atoms with Crippen LogP contribution in [-0.2, 0) is 11.0 Å². The van der Waals surface area contributed by atoms with Gasteiger partial charge in [-0.05, 0) is 43.2 Å². The Kier molecular flexibility index (Phi) is 4.97. The molecule has 1 saturated carbocycles. The minimum absolute atomic E-state index is 0.0324. The summed E-state index contributed by atoms with van der Waals surface area (Å²) >= 11 is 0. The molecule has 0 radical (unpaired) electrons. The third-order valence-corrected chi connectivity index (χ3v) is 4.35. The van der Waals surface area contributed by atoms with Gasteiger partial charge in [0.05, 0.1) is 16.8 Å². The van der Waals surface area contributed by atoms with Crippen LogP contribution in [0.4, 0.5) is 24.5 Å². The summed E-state index contributed by atoms with van der Waals surface area (Å²) in [5, 5.41) is 5.19. The van der Waals surface area contributed by atoms with Gasteiger partial charge in [-0.2, -0.15) is 13.2 Å². The van der Waals surface area contributed by atoms with E-state index in [-0.39, 0.29) is 23.1 Å². The molecule has 7 heteroatoms. The molecule has 4 nitrogen and oxygen atoms in total. The second-order valence-corrected chi connectivity index (χ2v) is 6.20. The number of rotatable bonds is 4. The van der Waals surface area contributed by atoms with Crippen molar-refractivity contribution in [3.05, 3.63) is 59.7 Å². The minimum Gasteiger partial charge on any atom is -0.325 e. The van der Waals surface area contributed by atoms with Crippen LogP contribution in [0.15, 0.2) is 48.5 Å². The molecule has 1 aliphatic rings. The quantitative estimate of drug-likeness (QED) is 0.829. The van der Waals surface area contributed by atoms with Crippen LogP contribution in [0.2, 0.25) is 0 Å². The molecule has 2 aromatic carbocycles. The lowest BCUT2D eigenvalue weighted by atomic mass is 9.85. The Hall–Kier alpha value is -2.83. The van der Waals surface area contributed by atoms with Gasteiger partial charge in [-0.25, -0.2) is 0 Å². The Bertz CT molecular complexity index is 830. The minimum atomic E-state index is -4.49. The number of carbonyl (C=O) groups is 2. The lowest BCUT2D eigenvalue weighted by Crippen LogP contribution is -2.29. The van der Waals surface area contributed by atoms with Crippen molar-refractivity contribution in [3.8, 4) is 0 Å². The van der Waals surface area contributed by atoms with Gasteiger partial charge in [0, 0.05) is 11.6 Å². The van der Waals surface area contributed by atoms with Crippen molar-refractivity contribution in [2.24, 2.45) is 5.92 Å². The van der Waals surface area contributed by atoms with Gasteiger partial charge in [0.1, 0.15) is 0 Å². The van der Waals surface area contributed by atoms with Crippen LogP contribution >= 0.6 is 0 Å². The Morgan fingerprint density at radius 3 is 2.35 bits per heavy atom. The number of benzene rings is 2. The summed E-state index contributed by atoms with van der Waals surface area (Å²) in [6.07, 6.45) is -1.83. The predicted molar refractivity (Wildman–Crippen MR) is 91.8 cm³/mol. The van der Waals surface area contributed by atoms with Gasteiger partial charge in [-0.3, -0.25) is 9.59 Å². The first-order valence-electron chi connectivity index (χ1n) is 8.23. The Labute approximate surface area is 148 Å². The zero-order chi connectivity index (χ0) is 18.7. The van der Waals surface area contributed by atoms with E-state index in [0.29, 0.717) is 5.69 Å². The number of carbonyl (C=O) groups excluding carboxylic acids is 2. The van der Waals surface area contributed by atoms with Crippen molar-refractivity contribution >= 4 is 23.2 Å². The molecule has 0 aromatic heterocycles. The average molecular weight is 362 g/mol. The van der Waals surface area contributed by atoms with Crippen molar-refractivity contribution in [3.63, 3.8) is 0 Å². The molecule has 0 bridgehead atoms. The molecule has 2 aromatic rings. The molecule has 0 atom stereocenters. The molecule has 1 aliphatic carbocycles. The molecular weight excluding hydrogens is 345 g/mol. The van der Waals surface area contributed by atoms with Crippen molar-refractivity contribution in [2.75, 3.05) is 10.6 Å². The smallest absolute Gasteiger partial charge is 0.325 e. The van der Waals surface area contributed by atoms with Gasteiger partial charge in [0.25, 0.3) is 5.91 Å². The van der Waals surface area contributed by atoms with Crippen LogP contribution in [0, 0.1) is 5.92 Å². The maximum absolute atomic E-state index is 12.8. The predicted octanol–water partition coefficient (Wildman–Crippen LogP) is 4.70. The van der Waals surface area contributed by atoms with Crippen LogP contribution in [0.25, 0.3) is 0 Å². The summed E-state index contributed by atoms with van der Waals surface area (Å²) in [6, 6.07) is 10.8. The molecule has 0 unspecified atom stereocenters. The number of anilines is 2. The van der Waals surface area contributed by atoms with E-state index in [1.807, 2.05) is 0 Å². The fourth-order valence-corrected chi connectivity index (χ4v) is 2.67. The molecule has 136 valence electrons. The van der Waals surface area contributed by atoms with E-state index in [1.165, 1.54) is 18.2 Å². The first-order chi connectivity index (χ1) is 12.3. The average Bonchev–Trinajstić information content (AvgIpc) is 2.53. The molecule has 2 N–H and O–H groups in total. The SMILES string of the molecule is O=C(Nc1cccc(C(F)(F)F)c1)c1ccccc1NC(=O)C1CCC1. The lowest BCUT2D eigenvalue weighted by molar-refractivity contribution is -0.137. The van der Waals surface area contributed by atoms with Crippen molar-refractivity contribution in [2.45, 2.75) is 25.4 Å². The maximum Gasteiger partial charge on any atom is 0.416 e. The molecule has 0 aliphatic heterocycles. The second-order valence-electron chi connectivity index (χ2n) is 6.20. The molecule has 26 heavy (non-hydrogen) atoms. The third-order valence-electron chi connectivity index (χ3n) is 4.35. The number of halogens is 3. The van der Waals surface area contributed by atoms with Crippen LogP contribution < -0.4 is 10.6 Å². The van der Waals surface area contributed by atoms with E-state index in [9.17, 15) is 22.8 Å². The van der Waals surface area contributed by atoms with Crippen LogP contribution in [-0.4, -0.2) is 11.8 Å². The topological polar surface area (TPSA) is 58.2 Å². The highest BCUT2D eigenvalue weighted by molar-refractivity contribution is 6.10. The Balaban J connectivity index is 1.77. The van der Waals surface area contributed by atoms with E-state index in [2.05, 4.69) is 10.6 Å². The normalized spacial score (nSPS) is 14.4. The molecule has 2 amide bonds. The number of para-hydroxylation sites is 1. The van der Waals surface area contributed by atoms with Gasteiger partial charge in [-0.15, -0.1) is 0 Å². The second kappa shape index (κ2) is 7.19. The van der Waals surface area contributed by atoms with Crippen LogP contribution in [0.3, 0.4) is 0 Å². The van der Waals surface area contributed by atoms with E-state index in [1.54, 1.807) is 18.2 Å². The highest BCUT2D eigenvalue weighted by Crippen LogP contribution is 2.31. The van der Waals surface area contributed by atoms with Crippen molar-refractivity contribution in [1.82, 2.24) is 0 Å². The van der Waals surface area contributed by atoms with E-state index in [4.69, 9.17) is 0 Å². The standard InChI is InChI=1S/C19H17F3N2O2/c20-19(21,22)13-7-4-8-14(11-13)23-18(26)15-9-1-2-10-16(15)24-17(25)12-5-3-6-12/h1-2,4,7-12H,3,5-6H2,(H,23,26)(H,24,25). The summed E-state index contributed by atoms with van der Waals surface area (Å²) in [4.78, 5) is 24.6. The molecule has 0 heterocycles. The summed E-state index contributed by atoms with van der Waals surface area (Å²) in [5.41, 5.74) is -0.279. The van der Waals surface area contributed by atoms with Crippen LogP contribution in [0.5, 0.6) is 0 Å². The monoisotopic (exact) mass is 362 g/mol. The molecular formula is C19H17F3N2O2. The summed E-state index contributed by atoms with van der Waals surface area (Å²) in [7, 11) is 0. The first-order valence-corrected chi connectivity index (χ1v) is 8.23. The Morgan fingerprint density at radius 1 is 0.962 bits per heavy atom. The van der Waals surface area contributed by atoms with Gasteiger partial charge in [-0.1, -0.05) is 24.6 Å². The zero-order valence-electron chi connectivity index (χ0n) is 13.8. The number of hydrogen-bond donors (Lipinski definition) is 2. The van der Waals surface area contributed by atoms with E-state index >= 15 is 0 Å². The number of nitrogens with one attached hydrogen (secondary N) is 2. The summed E-state index contributed by atoms with van der Waals surface area (Å²) in [6.45, 7) is 0. The molecule has 0 saturated heterocycles. The van der Waals surface area contributed by atoms with Gasteiger partial charge < -0.3 is 10.6 Å². The first kappa shape index (κ1) is 18.0. The fraction of sp³-hybridized carbons (Fsp3) is 0.263. The lowest BCUT2D eigenvalue weighted by Gasteiger charge is -2.24. The van der Waals surface area contributed by atoms with Gasteiger partial charge in [0.2, 0.25) is 5.91 Å². The molecule has 1 fully saturated rings. The van der Waals surface area contributed by atoms with Gasteiger partial charge >= 0.3 is 6.18 Å². The van der Waals surface area contributed by atoms with Gasteiger partial charge in [0.15, 0.2) is 0 Å². The zero-order valence-corrected chi connectivity index (χ0v) is 13.8. The highest BCUT2D eigenvalue weighted by Gasteiger charge is 2.30.